The fraction of sp³-hybridized carbons (Fsp3) is 0.357. The molecule has 5 rings (SSSR count). The van der Waals surface area contributed by atoms with Crippen LogP contribution in [0.15, 0.2) is 65.9 Å². The van der Waals surface area contributed by atoms with Gasteiger partial charge >= 0.3 is 0 Å². The Morgan fingerprint density at radius 1 is 0.973 bits per heavy atom. The first-order valence-corrected chi connectivity index (χ1v) is 12.5. The van der Waals surface area contributed by atoms with E-state index in [1.807, 2.05) is 48.5 Å². The van der Waals surface area contributed by atoms with Crippen LogP contribution in [0.2, 0.25) is 0 Å². The maximum absolute atomic E-state index is 14.3. The standard InChI is InChI=1S/C28H31FN6O2/c1-20(36)33-12-9-23(18-25(33)30-3)35-16-15-34(22-7-5-4-6-8-22)24-17-21(19-31-26(24)35)27(37)32-13-10-28(2,29)11-14-32/h4-9,12,17-19H,10-11,13-16H2,1-3H3/b30-25-. The number of rotatable bonds is 3. The Labute approximate surface area is 215 Å². The van der Waals surface area contributed by atoms with Gasteiger partial charge in [0, 0.05) is 70.0 Å². The van der Waals surface area contributed by atoms with Crippen LogP contribution in [-0.2, 0) is 0 Å². The van der Waals surface area contributed by atoms with E-state index in [1.165, 1.54) is 11.5 Å². The number of fused-ring (bicyclic) bond motifs is 1. The van der Waals surface area contributed by atoms with Gasteiger partial charge < -0.3 is 14.7 Å². The van der Waals surface area contributed by atoms with E-state index >= 15 is 0 Å². The molecule has 9 heteroatoms. The highest BCUT2D eigenvalue weighted by atomic mass is 19.1. The third-order valence-electron chi connectivity index (χ3n) is 7.15. The molecule has 0 unspecified atom stereocenters. The summed E-state index contributed by atoms with van der Waals surface area (Å²) >= 11 is 0. The van der Waals surface area contributed by atoms with E-state index in [1.54, 1.807) is 31.3 Å². The second kappa shape index (κ2) is 9.80. The van der Waals surface area contributed by atoms with Crippen molar-refractivity contribution in [1.29, 1.82) is 0 Å². The molecular formula is C28H31FN6O2. The van der Waals surface area contributed by atoms with Crippen LogP contribution in [0.25, 0.3) is 0 Å². The molecule has 3 aromatic rings. The number of para-hydroxylation sites is 1. The zero-order chi connectivity index (χ0) is 26.2. The predicted octanol–water partition coefficient (Wildman–Crippen LogP) is 4.33. The van der Waals surface area contributed by atoms with Crippen LogP contribution >= 0.6 is 0 Å². The number of benzene rings is 1. The van der Waals surface area contributed by atoms with Crippen molar-refractivity contribution in [3.63, 3.8) is 0 Å². The van der Waals surface area contributed by atoms with E-state index in [-0.39, 0.29) is 11.8 Å². The number of hydrogen-bond donors (Lipinski definition) is 0. The van der Waals surface area contributed by atoms with Crippen molar-refractivity contribution in [2.45, 2.75) is 32.4 Å². The molecule has 1 amide bonds. The number of halogens is 1. The number of piperidine rings is 1. The summed E-state index contributed by atoms with van der Waals surface area (Å²) in [7, 11) is 1.65. The van der Waals surface area contributed by atoms with Crippen LogP contribution in [0.3, 0.4) is 0 Å². The molecule has 1 saturated heterocycles. The first-order valence-electron chi connectivity index (χ1n) is 12.5. The van der Waals surface area contributed by atoms with Gasteiger partial charge in [-0.1, -0.05) is 18.2 Å². The van der Waals surface area contributed by atoms with Crippen LogP contribution < -0.4 is 15.3 Å². The van der Waals surface area contributed by atoms with Crippen LogP contribution in [0, 0.1) is 0 Å². The van der Waals surface area contributed by atoms with Gasteiger partial charge in [0.1, 0.15) is 11.2 Å². The van der Waals surface area contributed by atoms with Gasteiger partial charge in [0.25, 0.3) is 5.91 Å². The van der Waals surface area contributed by atoms with Crippen LogP contribution in [0.5, 0.6) is 0 Å². The highest BCUT2D eigenvalue weighted by molar-refractivity contribution is 5.97. The number of nitrogens with zero attached hydrogens (tertiary/aromatic N) is 6. The summed E-state index contributed by atoms with van der Waals surface area (Å²) in [6.07, 6.45) is 3.99. The van der Waals surface area contributed by atoms with Crippen molar-refractivity contribution in [3.05, 3.63) is 72.0 Å². The normalized spacial score (nSPS) is 17.5. The molecule has 0 spiro atoms. The fourth-order valence-electron chi connectivity index (χ4n) is 4.97. The summed E-state index contributed by atoms with van der Waals surface area (Å²) in [6.45, 7) is 5.19. The topological polar surface area (TPSA) is 74.0 Å². The van der Waals surface area contributed by atoms with Crippen LogP contribution in [-0.4, -0.2) is 65.2 Å². The molecule has 2 aliphatic heterocycles. The largest absolute Gasteiger partial charge is 0.338 e. The lowest BCUT2D eigenvalue weighted by atomic mass is 9.95. The highest BCUT2D eigenvalue weighted by Crippen LogP contribution is 2.40. The molecular weight excluding hydrogens is 471 g/mol. The van der Waals surface area contributed by atoms with Gasteiger partial charge in [0.2, 0.25) is 5.91 Å². The first kappa shape index (κ1) is 24.7. The SMILES string of the molecule is C/N=c1/cc(N2CCN(c3ccccc3)c3cc(C(=O)N4CCC(C)(F)CC4)cnc32)ccn1C(C)=O. The second-order valence-corrected chi connectivity index (χ2v) is 9.77. The van der Waals surface area contributed by atoms with E-state index in [9.17, 15) is 14.0 Å². The third kappa shape index (κ3) is 4.85. The van der Waals surface area contributed by atoms with Crippen molar-refractivity contribution >= 4 is 34.7 Å². The Morgan fingerprint density at radius 3 is 2.35 bits per heavy atom. The molecule has 192 valence electrons. The van der Waals surface area contributed by atoms with E-state index in [0.29, 0.717) is 55.9 Å². The van der Waals surface area contributed by atoms with Crippen molar-refractivity contribution in [3.8, 4) is 0 Å². The number of carbonyl (C=O) groups excluding carboxylic acids is 2. The minimum atomic E-state index is -1.23. The third-order valence-corrected chi connectivity index (χ3v) is 7.15. The van der Waals surface area contributed by atoms with Gasteiger partial charge in [-0.25, -0.2) is 9.37 Å². The number of anilines is 4. The molecule has 2 aliphatic rings. The summed E-state index contributed by atoms with van der Waals surface area (Å²) < 4.78 is 15.8. The molecule has 0 radical (unpaired) electrons. The number of carbonyl (C=O) groups is 2. The van der Waals surface area contributed by atoms with Gasteiger partial charge in [-0.15, -0.1) is 0 Å². The molecule has 8 nitrogen and oxygen atoms in total. The van der Waals surface area contributed by atoms with Gasteiger partial charge in [0.15, 0.2) is 5.82 Å². The molecule has 0 atom stereocenters. The second-order valence-electron chi connectivity index (χ2n) is 9.77. The van der Waals surface area contributed by atoms with Gasteiger partial charge in [-0.2, -0.15) is 0 Å². The Balaban J connectivity index is 1.55. The number of alkyl halides is 1. The van der Waals surface area contributed by atoms with Crippen molar-refractivity contribution < 1.29 is 14.0 Å². The lowest BCUT2D eigenvalue weighted by Crippen LogP contribution is -2.43. The van der Waals surface area contributed by atoms with Crippen molar-refractivity contribution in [2.75, 3.05) is 43.0 Å². The smallest absolute Gasteiger partial charge is 0.255 e. The Bertz CT molecular complexity index is 1390. The number of likely N-dealkylation sites (tertiary alicyclic amines) is 1. The summed E-state index contributed by atoms with van der Waals surface area (Å²) in [5, 5.41) is 0. The Kier molecular flexibility index (Phi) is 6.54. The summed E-state index contributed by atoms with van der Waals surface area (Å²) in [5.74, 6) is 0.461. The lowest BCUT2D eigenvalue weighted by molar-refractivity contribution is 0.0503. The number of aromatic nitrogens is 2. The highest BCUT2D eigenvalue weighted by Gasteiger charge is 2.33. The molecule has 1 aromatic carbocycles. The van der Waals surface area contributed by atoms with E-state index in [4.69, 9.17) is 4.98 Å². The number of amides is 1. The summed E-state index contributed by atoms with van der Waals surface area (Å²) in [6, 6.07) is 15.6. The van der Waals surface area contributed by atoms with Gasteiger partial charge in [0.05, 0.1) is 11.3 Å². The molecule has 1 fully saturated rings. The van der Waals surface area contributed by atoms with Crippen LogP contribution in [0.4, 0.5) is 27.3 Å². The molecule has 0 aliphatic carbocycles. The average Bonchev–Trinajstić information content (AvgIpc) is 2.91. The Hall–Kier alpha value is -4.01. The lowest BCUT2D eigenvalue weighted by Gasteiger charge is -2.38. The van der Waals surface area contributed by atoms with Crippen molar-refractivity contribution in [1.82, 2.24) is 14.5 Å². The predicted molar refractivity (Wildman–Crippen MR) is 142 cm³/mol. The molecule has 0 N–H and O–H groups in total. The van der Waals surface area contributed by atoms with E-state index < -0.39 is 5.67 Å². The van der Waals surface area contributed by atoms with E-state index in [0.717, 1.165) is 17.1 Å². The Morgan fingerprint density at radius 2 is 1.68 bits per heavy atom. The minimum Gasteiger partial charge on any atom is -0.338 e. The number of pyridine rings is 2. The quantitative estimate of drug-likeness (QED) is 0.533. The maximum Gasteiger partial charge on any atom is 0.255 e. The zero-order valence-electron chi connectivity index (χ0n) is 21.4. The zero-order valence-corrected chi connectivity index (χ0v) is 21.4. The summed E-state index contributed by atoms with van der Waals surface area (Å²) in [4.78, 5) is 40.3. The minimum absolute atomic E-state index is 0.117. The molecule has 2 aromatic heterocycles. The van der Waals surface area contributed by atoms with Gasteiger partial charge in [-0.3, -0.25) is 19.1 Å². The summed E-state index contributed by atoms with van der Waals surface area (Å²) in [5.41, 5.74) is 2.48. The molecule has 37 heavy (non-hydrogen) atoms. The maximum atomic E-state index is 14.3. The van der Waals surface area contributed by atoms with E-state index in [2.05, 4.69) is 14.8 Å². The molecule has 0 saturated carbocycles. The fourth-order valence-corrected chi connectivity index (χ4v) is 4.97. The van der Waals surface area contributed by atoms with Crippen LogP contribution in [0.1, 0.15) is 41.8 Å². The number of hydrogen-bond acceptors (Lipinski definition) is 6. The monoisotopic (exact) mass is 502 g/mol. The average molecular weight is 503 g/mol. The van der Waals surface area contributed by atoms with Crippen molar-refractivity contribution in [2.24, 2.45) is 4.99 Å². The first-order chi connectivity index (χ1) is 17.8. The molecule has 0 bridgehead atoms. The molecule has 4 heterocycles. The van der Waals surface area contributed by atoms with Gasteiger partial charge in [-0.05, 0) is 44.0 Å².